The van der Waals surface area contributed by atoms with Crippen LogP contribution in [-0.2, 0) is 9.59 Å². The number of hydrogen-bond acceptors (Lipinski definition) is 7. The van der Waals surface area contributed by atoms with Crippen LogP contribution in [0.2, 0.25) is 0 Å². The van der Waals surface area contributed by atoms with E-state index in [1.54, 1.807) is 30.3 Å². The molecule has 0 radical (unpaired) electrons. The Kier molecular flexibility index (Phi) is 8.28. The van der Waals surface area contributed by atoms with E-state index in [1.165, 1.54) is 24.4 Å². The average Bonchev–Trinajstić information content (AvgIpc) is 2.84. The topological polar surface area (TPSA) is 132 Å². The number of carbonyl (C=O) groups excluding carboxylic acids is 2. The molecule has 3 rings (SSSR count). The van der Waals surface area contributed by atoms with Gasteiger partial charge in [-0.2, -0.15) is 5.10 Å². The first-order chi connectivity index (χ1) is 16.4. The molecular formula is C24H22N4O6. The Labute approximate surface area is 195 Å². The normalized spacial score (nSPS) is 10.5. The van der Waals surface area contributed by atoms with Crippen LogP contribution < -0.4 is 20.2 Å². The van der Waals surface area contributed by atoms with Crippen LogP contribution in [0.25, 0.3) is 0 Å². The molecule has 174 valence electrons. The number of rotatable bonds is 10. The zero-order valence-electron chi connectivity index (χ0n) is 18.3. The van der Waals surface area contributed by atoms with Crippen LogP contribution in [0.1, 0.15) is 11.1 Å². The highest BCUT2D eigenvalue weighted by Crippen LogP contribution is 2.25. The highest BCUT2D eigenvalue weighted by molar-refractivity contribution is 5.92. The summed E-state index contributed by atoms with van der Waals surface area (Å²) in [5.41, 5.74) is 4.42. The second-order valence-electron chi connectivity index (χ2n) is 7.03. The van der Waals surface area contributed by atoms with E-state index in [9.17, 15) is 19.7 Å². The Bertz CT molecular complexity index is 1190. The number of benzene rings is 3. The van der Waals surface area contributed by atoms with Crippen molar-refractivity contribution >= 4 is 29.4 Å². The van der Waals surface area contributed by atoms with Crippen molar-refractivity contribution < 1.29 is 24.0 Å². The van der Waals surface area contributed by atoms with E-state index < -0.39 is 17.4 Å². The minimum atomic E-state index is -0.588. The highest BCUT2D eigenvalue weighted by atomic mass is 16.6. The Morgan fingerprint density at radius 2 is 1.62 bits per heavy atom. The van der Waals surface area contributed by atoms with E-state index in [1.807, 2.05) is 31.2 Å². The molecule has 0 aliphatic heterocycles. The van der Waals surface area contributed by atoms with E-state index in [0.29, 0.717) is 11.3 Å². The van der Waals surface area contributed by atoms with Gasteiger partial charge in [-0.3, -0.25) is 19.7 Å². The minimum absolute atomic E-state index is 0.00481. The van der Waals surface area contributed by atoms with Gasteiger partial charge in [0.2, 0.25) is 0 Å². The number of aryl methyl sites for hydroxylation is 1. The monoisotopic (exact) mass is 462 g/mol. The summed E-state index contributed by atoms with van der Waals surface area (Å²) >= 11 is 0. The standard InChI is InChI=1S/C24H22N4O6/c1-17-6-2-3-7-20(17)26-23(29)15-33-19-12-10-18(11-13-19)14-25-27-24(30)16-34-22-9-5-4-8-21(22)28(31)32/h2-14H,15-16H2,1H3,(H,26,29)(H,27,30)/b25-14+. The van der Waals surface area contributed by atoms with Crippen LogP contribution >= 0.6 is 0 Å². The Hall–Kier alpha value is -4.73. The fourth-order valence-electron chi connectivity index (χ4n) is 2.78. The lowest BCUT2D eigenvalue weighted by Gasteiger charge is -2.09. The average molecular weight is 462 g/mol. The summed E-state index contributed by atoms with van der Waals surface area (Å²) < 4.78 is 10.7. The lowest BCUT2D eigenvalue weighted by molar-refractivity contribution is -0.385. The molecule has 0 fully saturated rings. The van der Waals surface area contributed by atoms with Crippen LogP contribution in [-0.4, -0.2) is 36.2 Å². The maximum Gasteiger partial charge on any atom is 0.310 e. The largest absolute Gasteiger partial charge is 0.484 e. The molecule has 10 heteroatoms. The predicted octanol–water partition coefficient (Wildman–Crippen LogP) is 3.45. The van der Waals surface area contributed by atoms with Gasteiger partial charge >= 0.3 is 5.69 Å². The van der Waals surface area contributed by atoms with Gasteiger partial charge in [0.1, 0.15) is 5.75 Å². The molecule has 2 amide bonds. The first-order valence-corrected chi connectivity index (χ1v) is 10.2. The van der Waals surface area contributed by atoms with Gasteiger partial charge < -0.3 is 14.8 Å². The molecule has 0 spiro atoms. The number of hydrazone groups is 1. The maximum absolute atomic E-state index is 12.1. The van der Waals surface area contributed by atoms with Gasteiger partial charge in [0, 0.05) is 11.8 Å². The number of hydrogen-bond donors (Lipinski definition) is 2. The summed E-state index contributed by atoms with van der Waals surface area (Å²) in [7, 11) is 0. The molecule has 3 aromatic carbocycles. The van der Waals surface area contributed by atoms with Crippen LogP contribution in [0.5, 0.6) is 11.5 Å². The van der Waals surface area contributed by atoms with Crippen LogP contribution in [0.4, 0.5) is 11.4 Å². The second-order valence-corrected chi connectivity index (χ2v) is 7.03. The molecule has 0 aliphatic carbocycles. The van der Waals surface area contributed by atoms with E-state index >= 15 is 0 Å². The zero-order chi connectivity index (χ0) is 24.3. The molecule has 0 saturated heterocycles. The molecule has 0 atom stereocenters. The molecular weight excluding hydrogens is 440 g/mol. The summed E-state index contributed by atoms with van der Waals surface area (Å²) in [5.74, 6) is -0.353. The number of ether oxygens (including phenoxy) is 2. The van der Waals surface area contributed by atoms with Crippen molar-refractivity contribution in [3.8, 4) is 11.5 Å². The van der Waals surface area contributed by atoms with Gasteiger partial charge in [-0.15, -0.1) is 0 Å². The third-order valence-corrected chi connectivity index (χ3v) is 4.49. The molecule has 0 aromatic heterocycles. The summed E-state index contributed by atoms with van der Waals surface area (Å²) in [5, 5.41) is 17.6. The van der Waals surface area contributed by atoms with Crippen molar-refractivity contribution in [2.24, 2.45) is 5.10 Å². The number of nitro groups is 1. The van der Waals surface area contributed by atoms with E-state index in [2.05, 4.69) is 15.8 Å². The lowest BCUT2D eigenvalue weighted by atomic mass is 10.2. The molecule has 3 aromatic rings. The van der Waals surface area contributed by atoms with Crippen LogP contribution in [0.15, 0.2) is 77.9 Å². The number of nitrogens with one attached hydrogen (secondary N) is 2. The van der Waals surface area contributed by atoms with Crippen LogP contribution in [0, 0.1) is 17.0 Å². The van der Waals surface area contributed by atoms with Gasteiger partial charge in [0.25, 0.3) is 11.8 Å². The highest BCUT2D eigenvalue weighted by Gasteiger charge is 2.14. The van der Waals surface area contributed by atoms with Gasteiger partial charge in [-0.25, -0.2) is 5.43 Å². The Morgan fingerprint density at radius 3 is 2.35 bits per heavy atom. The summed E-state index contributed by atoms with van der Waals surface area (Å²) in [6.45, 7) is 1.33. The molecule has 0 unspecified atom stereocenters. The Morgan fingerprint density at radius 1 is 0.941 bits per heavy atom. The third-order valence-electron chi connectivity index (χ3n) is 4.49. The molecule has 0 bridgehead atoms. The molecule has 10 nitrogen and oxygen atoms in total. The molecule has 2 N–H and O–H groups in total. The molecule has 0 heterocycles. The van der Waals surface area contributed by atoms with Gasteiger partial charge in [0.05, 0.1) is 11.1 Å². The first kappa shape index (κ1) is 23.9. The number of nitro benzene ring substituents is 1. The number of nitrogens with zero attached hydrogens (tertiary/aromatic N) is 2. The maximum atomic E-state index is 12.1. The lowest BCUT2D eigenvalue weighted by Crippen LogP contribution is -2.24. The van der Waals surface area contributed by atoms with Crippen molar-refractivity contribution in [1.29, 1.82) is 0 Å². The van der Waals surface area contributed by atoms with Crippen molar-refractivity contribution in [2.75, 3.05) is 18.5 Å². The number of para-hydroxylation sites is 3. The smallest absolute Gasteiger partial charge is 0.310 e. The first-order valence-electron chi connectivity index (χ1n) is 10.2. The van der Waals surface area contributed by atoms with E-state index in [0.717, 1.165) is 11.3 Å². The number of amides is 2. The van der Waals surface area contributed by atoms with Crippen molar-refractivity contribution in [3.05, 3.63) is 94.0 Å². The quantitative estimate of drug-likeness (QED) is 0.269. The summed E-state index contributed by atoms with van der Waals surface area (Å²) in [6, 6.07) is 20.0. The van der Waals surface area contributed by atoms with E-state index in [-0.39, 0.29) is 24.0 Å². The van der Waals surface area contributed by atoms with Gasteiger partial charge in [-0.05, 0) is 54.4 Å². The fourth-order valence-corrected chi connectivity index (χ4v) is 2.78. The van der Waals surface area contributed by atoms with Gasteiger partial charge in [0.15, 0.2) is 19.0 Å². The SMILES string of the molecule is Cc1ccccc1NC(=O)COc1ccc(/C=N/NC(=O)COc2ccccc2[N+](=O)[O-])cc1. The van der Waals surface area contributed by atoms with E-state index in [4.69, 9.17) is 9.47 Å². The molecule has 34 heavy (non-hydrogen) atoms. The third kappa shape index (κ3) is 7.16. The minimum Gasteiger partial charge on any atom is -0.484 e. The zero-order valence-corrected chi connectivity index (χ0v) is 18.3. The molecule has 0 saturated carbocycles. The van der Waals surface area contributed by atoms with Crippen molar-refractivity contribution in [3.63, 3.8) is 0 Å². The van der Waals surface area contributed by atoms with Crippen LogP contribution in [0.3, 0.4) is 0 Å². The fraction of sp³-hybridized carbons (Fsp3) is 0.125. The van der Waals surface area contributed by atoms with Crippen molar-refractivity contribution in [1.82, 2.24) is 5.43 Å². The Balaban J connectivity index is 1.42. The molecule has 0 aliphatic rings. The number of anilines is 1. The van der Waals surface area contributed by atoms with Gasteiger partial charge in [-0.1, -0.05) is 30.3 Å². The number of carbonyl (C=O) groups is 2. The predicted molar refractivity (Wildman–Crippen MR) is 126 cm³/mol. The van der Waals surface area contributed by atoms with Crippen molar-refractivity contribution in [2.45, 2.75) is 6.92 Å². The summed E-state index contributed by atoms with van der Waals surface area (Å²) in [6.07, 6.45) is 1.41. The second kappa shape index (κ2) is 11.8. The summed E-state index contributed by atoms with van der Waals surface area (Å²) in [4.78, 5) is 34.3.